The summed E-state index contributed by atoms with van der Waals surface area (Å²) in [6.07, 6.45) is 2.33. The molecule has 0 atom stereocenters. The van der Waals surface area contributed by atoms with Crippen LogP contribution >= 0.6 is 0 Å². The van der Waals surface area contributed by atoms with Crippen LogP contribution in [-0.4, -0.2) is 19.6 Å². The van der Waals surface area contributed by atoms with Crippen LogP contribution in [0.25, 0.3) is 10.9 Å². The molecule has 0 aliphatic rings. The first-order valence-electron chi connectivity index (χ1n) is 7.26. The minimum Gasteiger partial charge on any atom is -0.493 e. The molecule has 110 valence electrons. The number of nitrogens with zero attached hydrogens (tertiary/aromatic N) is 1. The molecular formula is C16H19N3O2. The van der Waals surface area contributed by atoms with Gasteiger partial charge in [-0.25, -0.2) is 4.79 Å². The number of hydrogen-bond acceptors (Lipinski definition) is 2. The molecule has 0 radical (unpaired) electrons. The Labute approximate surface area is 122 Å². The molecular weight excluding hydrogens is 266 g/mol. The van der Waals surface area contributed by atoms with Crippen molar-refractivity contribution in [3.63, 3.8) is 0 Å². The van der Waals surface area contributed by atoms with Crippen LogP contribution in [0.15, 0.2) is 35.1 Å². The highest BCUT2D eigenvalue weighted by Gasteiger charge is 2.13. The molecule has 3 rings (SSSR count). The third-order valence-electron chi connectivity index (χ3n) is 3.72. The Balaban J connectivity index is 1.89. The molecule has 21 heavy (non-hydrogen) atoms. The first-order valence-corrected chi connectivity index (χ1v) is 7.26. The van der Waals surface area contributed by atoms with Crippen LogP contribution in [0.4, 0.5) is 0 Å². The van der Waals surface area contributed by atoms with Gasteiger partial charge in [-0.3, -0.25) is 4.57 Å². The first-order chi connectivity index (χ1) is 10.2. The van der Waals surface area contributed by atoms with Crippen LogP contribution in [0.1, 0.15) is 31.2 Å². The SMILES string of the molecule is CCCCn1c(O)c(Cc2cc3ccccc3[nH]2)[nH]c1=O. The molecule has 3 aromatic rings. The highest BCUT2D eigenvalue weighted by Crippen LogP contribution is 2.20. The number of aromatic nitrogens is 3. The zero-order valence-electron chi connectivity index (χ0n) is 12.0. The van der Waals surface area contributed by atoms with Gasteiger partial charge < -0.3 is 15.1 Å². The molecule has 3 N–H and O–H groups in total. The lowest BCUT2D eigenvalue weighted by Crippen LogP contribution is -2.16. The third kappa shape index (κ3) is 2.59. The Hall–Kier alpha value is -2.43. The minimum atomic E-state index is -0.243. The van der Waals surface area contributed by atoms with Crippen LogP contribution in [0.5, 0.6) is 5.88 Å². The van der Waals surface area contributed by atoms with E-state index in [0.717, 1.165) is 29.4 Å². The third-order valence-corrected chi connectivity index (χ3v) is 3.72. The maximum absolute atomic E-state index is 11.9. The van der Waals surface area contributed by atoms with Gasteiger partial charge in [-0.2, -0.15) is 0 Å². The lowest BCUT2D eigenvalue weighted by Gasteiger charge is -2.02. The standard InChI is InChI=1S/C16H19N3O2/c1-2-3-8-19-15(20)14(18-16(19)21)10-12-9-11-6-4-5-7-13(11)17-12/h4-7,9,17,20H,2-3,8,10H2,1H3,(H,18,21). The summed E-state index contributed by atoms with van der Waals surface area (Å²) >= 11 is 0. The zero-order valence-corrected chi connectivity index (χ0v) is 12.0. The van der Waals surface area contributed by atoms with Crippen molar-refractivity contribution in [3.8, 4) is 5.88 Å². The van der Waals surface area contributed by atoms with Crippen molar-refractivity contribution in [1.82, 2.24) is 14.5 Å². The number of aromatic amines is 2. The summed E-state index contributed by atoms with van der Waals surface area (Å²) in [4.78, 5) is 17.9. The van der Waals surface area contributed by atoms with Crippen LogP contribution in [0.3, 0.4) is 0 Å². The number of unbranched alkanes of at least 4 members (excludes halogenated alkanes) is 1. The fourth-order valence-corrected chi connectivity index (χ4v) is 2.58. The second-order valence-electron chi connectivity index (χ2n) is 5.30. The molecule has 0 fully saturated rings. The summed E-state index contributed by atoms with van der Waals surface area (Å²) in [5, 5.41) is 11.3. The summed E-state index contributed by atoms with van der Waals surface area (Å²) in [6.45, 7) is 2.60. The Kier molecular flexibility index (Phi) is 3.56. The Morgan fingerprint density at radius 3 is 2.81 bits per heavy atom. The van der Waals surface area contributed by atoms with E-state index in [0.29, 0.717) is 18.7 Å². The van der Waals surface area contributed by atoms with Crippen LogP contribution in [0.2, 0.25) is 0 Å². The molecule has 0 spiro atoms. The number of aromatic hydroxyl groups is 1. The van der Waals surface area contributed by atoms with Gasteiger partial charge in [0.25, 0.3) is 0 Å². The second-order valence-corrected chi connectivity index (χ2v) is 5.30. The summed E-state index contributed by atoms with van der Waals surface area (Å²) in [7, 11) is 0. The maximum atomic E-state index is 11.9. The predicted molar refractivity (Wildman–Crippen MR) is 82.7 cm³/mol. The van der Waals surface area contributed by atoms with E-state index in [4.69, 9.17) is 0 Å². The van der Waals surface area contributed by atoms with Crippen molar-refractivity contribution < 1.29 is 5.11 Å². The van der Waals surface area contributed by atoms with Crippen molar-refractivity contribution in [1.29, 1.82) is 0 Å². The smallest absolute Gasteiger partial charge is 0.328 e. The summed E-state index contributed by atoms with van der Waals surface area (Å²) in [5.74, 6) is 0.0482. The van der Waals surface area contributed by atoms with Crippen LogP contribution in [0, 0.1) is 0 Å². The molecule has 2 aromatic heterocycles. The molecule has 5 nitrogen and oxygen atoms in total. The fourth-order valence-electron chi connectivity index (χ4n) is 2.58. The lowest BCUT2D eigenvalue weighted by atomic mass is 10.2. The molecule has 0 aliphatic carbocycles. The topological polar surface area (TPSA) is 73.8 Å². The molecule has 2 heterocycles. The average molecular weight is 285 g/mol. The van der Waals surface area contributed by atoms with Gasteiger partial charge in [-0.1, -0.05) is 31.5 Å². The van der Waals surface area contributed by atoms with E-state index in [1.54, 1.807) is 0 Å². The molecule has 0 unspecified atom stereocenters. The highest BCUT2D eigenvalue weighted by molar-refractivity contribution is 5.80. The number of fused-ring (bicyclic) bond motifs is 1. The van der Waals surface area contributed by atoms with Gasteiger partial charge in [0.1, 0.15) is 0 Å². The lowest BCUT2D eigenvalue weighted by molar-refractivity contribution is 0.404. The normalized spacial score (nSPS) is 11.3. The van der Waals surface area contributed by atoms with E-state index < -0.39 is 0 Å². The number of hydrogen-bond donors (Lipinski definition) is 3. The number of rotatable bonds is 5. The first kappa shape index (κ1) is 13.5. The minimum absolute atomic E-state index is 0.0482. The van der Waals surface area contributed by atoms with E-state index in [9.17, 15) is 9.90 Å². The van der Waals surface area contributed by atoms with Gasteiger partial charge in [0.15, 0.2) is 0 Å². The van der Waals surface area contributed by atoms with Crippen molar-refractivity contribution in [2.75, 3.05) is 0 Å². The maximum Gasteiger partial charge on any atom is 0.328 e. The van der Waals surface area contributed by atoms with Crippen molar-refractivity contribution >= 4 is 10.9 Å². The number of benzene rings is 1. The summed E-state index contributed by atoms with van der Waals surface area (Å²) in [6, 6.07) is 10.0. The summed E-state index contributed by atoms with van der Waals surface area (Å²) in [5.41, 5.74) is 2.34. The van der Waals surface area contributed by atoms with Crippen LogP contribution < -0.4 is 5.69 Å². The van der Waals surface area contributed by atoms with Crippen LogP contribution in [-0.2, 0) is 13.0 Å². The van der Waals surface area contributed by atoms with E-state index in [1.807, 2.05) is 30.3 Å². The molecule has 0 saturated heterocycles. The van der Waals surface area contributed by atoms with E-state index in [2.05, 4.69) is 16.9 Å². The quantitative estimate of drug-likeness (QED) is 0.674. The highest BCUT2D eigenvalue weighted by atomic mass is 16.3. The van der Waals surface area contributed by atoms with Crippen molar-refractivity contribution in [3.05, 3.63) is 52.2 Å². The van der Waals surface area contributed by atoms with E-state index >= 15 is 0 Å². The zero-order chi connectivity index (χ0) is 14.8. The van der Waals surface area contributed by atoms with Crippen molar-refractivity contribution in [2.24, 2.45) is 0 Å². The Morgan fingerprint density at radius 2 is 2.05 bits per heavy atom. The van der Waals surface area contributed by atoms with Gasteiger partial charge in [0.2, 0.25) is 5.88 Å². The van der Waals surface area contributed by atoms with Gasteiger partial charge in [-0.05, 0) is 23.9 Å². The second kappa shape index (κ2) is 5.52. The number of imidazole rings is 1. The molecule has 0 bridgehead atoms. The summed E-state index contributed by atoms with van der Waals surface area (Å²) < 4.78 is 1.40. The van der Waals surface area contributed by atoms with Gasteiger partial charge in [-0.15, -0.1) is 0 Å². The molecule has 5 heteroatoms. The number of para-hydroxylation sites is 1. The Bertz CT molecular complexity index is 777. The Morgan fingerprint density at radius 1 is 1.24 bits per heavy atom. The van der Waals surface area contributed by atoms with Gasteiger partial charge in [0, 0.05) is 24.2 Å². The molecule has 0 saturated carbocycles. The molecule has 0 aliphatic heterocycles. The predicted octanol–water partition coefficient (Wildman–Crippen LogP) is 2.75. The van der Waals surface area contributed by atoms with Crippen molar-refractivity contribution in [2.45, 2.75) is 32.7 Å². The monoisotopic (exact) mass is 285 g/mol. The fraction of sp³-hybridized carbons (Fsp3) is 0.312. The number of nitrogens with one attached hydrogen (secondary N) is 2. The number of H-pyrrole nitrogens is 2. The van der Waals surface area contributed by atoms with Gasteiger partial charge in [0.05, 0.1) is 5.69 Å². The largest absolute Gasteiger partial charge is 0.493 e. The molecule has 1 aromatic carbocycles. The molecule has 0 amide bonds. The van der Waals surface area contributed by atoms with Gasteiger partial charge >= 0.3 is 5.69 Å². The van der Waals surface area contributed by atoms with E-state index in [1.165, 1.54) is 4.57 Å². The van der Waals surface area contributed by atoms with E-state index in [-0.39, 0.29) is 11.6 Å². The average Bonchev–Trinajstić information content (AvgIpc) is 2.99.